The third kappa shape index (κ3) is 9.88. The monoisotopic (exact) mass is 1060 g/mol. The fourth-order valence-electron chi connectivity index (χ4n) is 11.6. The summed E-state index contributed by atoms with van der Waals surface area (Å²) in [5, 5.41) is 9.68. The fraction of sp³-hybridized carbons (Fsp3) is 0.356. The molecule has 78 heavy (non-hydrogen) atoms. The van der Waals surface area contributed by atoms with Gasteiger partial charge < -0.3 is 47.9 Å². The molecule has 6 atom stereocenters. The highest BCUT2D eigenvalue weighted by atomic mass is 16.7. The highest BCUT2D eigenvalue weighted by molar-refractivity contribution is 6.23. The van der Waals surface area contributed by atoms with Gasteiger partial charge in [0.25, 0.3) is 0 Å². The number of carbonyl (C=O) groups excluding carboxylic acids is 6. The number of anilines is 1. The topological polar surface area (TPSA) is 209 Å². The van der Waals surface area contributed by atoms with E-state index in [2.05, 4.69) is 16.7 Å². The molecule has 10 rings (SSSR count). The van der Waals surface area contributed by atoms with Gasteiger partial charge in [-0.15, -0.1) is 0 Å². The molecule has 0 aliphatic carbocycles. The van der Waals surface area contributed by atoms with Crippen molar-refractivity contribution < 1.29 is 71.8 Å². The summed E-state index contributed by atoms with van der Waals surface area (Å²) in [4.78, 5) is 95.7. The molecule has 5 heterocycles. The number of hydrogen-bond donors (Lipinski definition) is 1. The van der Waals surface area contributed by atoms with E-state index in [0.717, 1.165) is 24.7 Å². The van der Waals surface area contributed by atoms with Crippen LogP contribution in [0.15, 0.2) is 121 Å². The molecule has 3 fully saturated rings. The molecule has 19 heteroatoms. The van der Waals surface area contributed by atoms with Crippen molar-refractivity contribution in [3.05, 3.63) is 155 Å². The number of imide groups is 1. The average molecular weight is 1060 g/mol. The summed E-state index contributed by atoms with van der Waals surface area (Å²) in [7, 11) is 3.74. The molecule has 5 aliphatic rings. The predicted octanol–water partition coefficient (Wildman–Crippen LogP) is 5.28. The molecule has 5 aliphatic heterocycles. The number of cyclic esters (lactones) is 1. The summed E-state index contributed by atoms with van der Waals surface area (Å²) in [6, 6.07) is 32.6. The first kappa shape index (κ1) is 53.1. The molecule has 19 nitrogen and oxygen atoms in total. The zero-order valence-electron chi connectivity index (χ0n) is 43.2. The van der Waals surface area contributed by atoms with Crippen LogP contribution in [0.5, 0.6) is 17.2 Å². The largest absolute Gasteiger partial charge is 0.491 e. The number of ether oxygens (including phenoxy) is 8. The van der Waals surface area contributed by atoms with Crippen LogP contribution in [0, 0.1) is 23.7 Å². The van der Waals surface area contributed by atoms with Crippen molar-refractivity contribution in [2.24, 2.45) is 11.8 Å². The minimum absolute atomic E-state index is 0.00204. The molecular formula is C59H58N4O15. The van der Waals surface area contributed by atoms with Crippen LogP contribution in [0.4, 0.5) is 10.5 Å². The van der Waals surface area contributed by atoms with E-state index >= 15 is 14.4 Å². The minimum Gasteiger partial charge on any atom is -0.491 e. The number of benzene rings is 5. The molecule has 6 unspecified atom stereocenters. The molecule has 1 N–H and O–H groups in total. The van der Waals surface area contributed by atoms with Crippen LogP contribution in [-0.2, 0) is 59.6 Å². The molecule has 0 aromatic heterocycles. The summed E-state index contributed by atoms with van der Waals surface area (Å²) in [5.41, 5.74) is 1.26. The van der Waals surface area contributed by atoms with E-state index in [-0.39, 0.29) is 69.5 Å². The van der Waals surface area contributed by atoms with Crippen molar-refractivity contribution in [2.45, 2.75) is 42.6 Å². The van der Waals surface area contributed by atoms with Gasteiger partial charge in [0.15, 0.2) is 17.4 Å². The van der Waals surface area contributed by atoms with Gasteiger partial charge in [-0.1, -0.05) is 90.7 Å². The lowest BCUT2D eigenvalue weighted by atomic mass is 9.64. The number of rotatable bonds is 15. The van der Waals surface area contributed by atoms with Crippen LogP contribution in [0.25, 0.3) is 0 Å². The molecule has 0 saturated carbocycles. The highest BCUT2D eigenvalue weighted by Crippen LogP contribution is 2.66. The SMILES string of the molecule is COCCOC(=O)N1C(=O)C2(c3cc(C#CCC(C(=O)OC)C(=O)OC)ccc31)C(C(=O)N1CCN(Cc3ccc4c(c3)OCO4)CC1)C1C(=O)OC(c3ccccc3)C(c3ccccc3)N1C2c1ccc(OCCO)cc1. The van der Waals surface area contributed by atoms with Gasteiger partial charge in [-0.2, -0.15) is 0 Å². The normalized spacial score (nSPS) is 22.3. The Morgan fingerprint density at radius 2 is 1.44 bits per heavy atom. The number of esters is 3. The molecule has 5 aromatic rings. The first-order valence-electron chi connectivity index (χ1n) is 25.6. The summed E-state index contributed by atoms with van der Waals surface area (Å²) < 4.78 is 44.4. The maximum atomic E-state index is 16.7. The zero-order chi connectivity index (χ0) is 54.5. The van der Waals surface area contributed by atoms with E-state index in [4.69, 9.17) is 37.9 Å². The van der Waals surface area contributed by atoms with E-state index < -0.39 is 77.3 Å². The van der Waals surface area contributed by atoms with Crippen molar-refractivity contribution in [3.63, 3.8) is 0 Å². The third-order valence-electron chi connectivity index (χ3n) is 15.0. The second-order valence-electron chi connectivity index (χ2n) is 19.3. The maximum absolute atomic E-state index is 16.7. The smallest absolute Gasteiger partial charge is 0.421 e. The minimum atomic E-state index is -2.13. The van der Waals surface area contributed by atoms with Crippen molar-refractivity contribution >= 4 is 41.5 Å². The molecule has 5 aromatic carbocycles. The van der Waals surface area contributed by atoms with Crippen molar-refractivity contribution in [1.29, 1.82) is 0 Å². The fourth-order valence-corrected chi connectivity index (χ4v) is 11.6. The van der Waals surface area contributed by atoms with Crippen LogP contribution in [-0.4, -0.2) is 142 Å². The van der Waals surface area contributed by atoms with Crippen molar-refractivity contribution in [2.75, 3.05) is 85.6 Å². The molecule has 3 amide bonds. The zero-order valence-corrected chi connectivity index (χ0v) is 43.2. The van der Waals surface area contributed by atoms with Crippen LogP contribution < -0.4 is 19.1 Å². The molecule has 3 saturated heterocycles. The van der Waals surface area contributed by atoms with Gasteiger partial charge >= 0.3 is 24.0 Å². The van der Waals surface area contributed by atoms with E-state index in [0.29, 0.717) is 53.6 Å². The third-order valence-corrected chi connectivity index (χ3v) is 15.0. The quantitative estimate of drug-likeness (QED) is 0.0465. The summed E-state index contributed by atoms with van der Waals surface area (Å²) in [5.74, 6) is 0.920. The molecule has 1 spiro atoms. The highest BCUT2D eigenvalue weighted by Gasteiger charge is 2.76. The van der Waals surface area contributed by atoms with E-state index in [1.807, 2.05) is 83.8 Å². The number of hydrogen-bond acceptors (Lipinski definition) is 17. The Morgan fingerprint density at radius 1 is 0.744 bits per heavy atom. The molecule has 404 valence electrons. The number of amides is 3. The molecule has 0 radical (unpaired) electrons. The first-order valence-corrected chi connectivity index (χ1v) is 25.6. The Labute approximate surface area is 450 Å². The summed E-state index contributed by atoms with van der Waals surface area (Å²) >= 11 is 0. The van der Waals surface area contributed by atoms with E-state index in [9.17, 15) is 19.5 Å². The number of aliphatic hydroxyl groups excluding tert-OH is 1. The molecular weight excluding hydrogens is 1000 g/mol. The van der Waals surface area contributed by atoms with Crippen LogP contribution in [0.2, 0.25) is 0 Å². The lowest BCUT2D eigenvalue weighted by molar-refractivity contribution is -0.179. The number of piperazine rings is 1. The van der Waals surface area contributed by atoms with Gasteiger partial charge in [0, 0.05) is 51.8 Å². The van der Waals surface area contributed by atoms with Crippen molar-refractivity contribution in [3.8, 4) is 29.1 Å². The number of morpholine rings is 1. The Hall–Kier alpha value is -8.28. The number of methoxy groups -OCH3 is 3. The lowest BCUT2D eigenvalue weighted by Gasteiger charge is -2.46. The second kappa shape index (κ2) is 23.1. The van der Waals surface area contributed by atoms with Gasteiger partial charge in [-0.3, -0.25) is 33.8 Å². The lowest BCUT2D eigenvalue weighted by Crippen LogP contribution is -2.59. The number of aliphatic hydroxyl groups is 1. The van der Waals surface area contributed by atoms with E-state index in [1.165, 1.54) is 13.2 Å². The van der Waals surface area contributed by atoms with Gasteiger partial charge in [0.2, 0.25) is 18.6 Å². The van der Waals surface area contributed by atoms with Crippen LogP contribution >= 0.6 is 0 Å². The first-order chi connectivity index (χ1) is 38.0. The predicted molar refractivity (Wildman–Crippen MR) is 278 cm³/mol. The second-order valence-corrected chi connectivity index (χ2v) is 19.3. The number of nitrogens with zero attached hydrogens (tertiary/aromatic N) is 4. The Kier molecular flexibility index (Phi) is 15.8. The molecule has 0 bridgehead atoms. The van der Waals surface area contributed by atoms with Gasteiger partial charge in [-0.05, 0) is 70.3 Å². The van der Waals surface area contributed by atoms with Crippen molar-refractivity contribution in [1.82, 2.24) is 14.7 Å². The Bertz CT molecular complexity index is 3110. The summed E-state index contributed by atoms with van der Waals surface area (Å²) in [6.07, 6.45) is -2.31. The Balaban J connectivity index is 1.18. The van der Waals surface area contributed by atoms with Crippen LogP contribution in [0.3, 0.4) is 0 Å². The van der Waals surface area contributed by atoms with Crippen LogP contribution in [0.1, 0.15) is 58.0 Å². The maximum Gasteiger partial charge on any atom is 0.421 e. The van der Waals surface area contributed by atoms with Gasteiger partial charge in [0.1, 0.15) is 36.5 Å². The average Bonchev–Trinajstić information content (AvgIpc) is 4.32. The number of carbonyl (C=O) groups is 6. The Morgan fingerprint density at radius 3 is 2.12 bits per heavy atom. The summed E-state index contributed by atoms with van der Waals surface area (Å²) in [6.45, 7) is 1.51. The van der Waals surface area contributed by atoms with E-state index in [1.54, 1.807) is 41.3 Å². The number of fused-ring (bicyclic) bond motifs is 4. The van der Waals surface area contributed by atoms with Gasteiger partial charge in [-0.25, -0.2) is 9.69 Å². The standard InChI is InChI=1S/C59H58N4O15/c1-71-31-32-75-58(70)62-45-23-17-37(11-10-16-43(54(66)72-2)55(67)73-3)33-44(45)59(57(62)69)48(53(65)61-27-25-60(26-28-61)35-38-18-24-46-47(34-38)77-36-76-46)50-56(68)78-51(40-14-8-5-9-15-40)49(39-12-6-4-7-13-39)63(50)52(59)41-19-21-42(22-20-41)74-30-29-64/h4-9,12-15,17-24,33-34,43,48-52,64H,16,25-32,35-36H2,1-3H3. The van der Waals surface area contributed by atoms with Gasteiger partial charge in [0.05, 0.1) is 51.1 Å².